The van der Waals surface area contributed by atoms with Gasteiger partial charge < -0.3 is 0 Å². The maximum Gasteiger partial charge on any atom is 0.177 e. The largest absolute Gasteiger partial charge is 0.277 e. The number of rotatable bonds is 7. The van der Waals surface area contributed by atoms with Gasteiger partial charge in [-0.15, -0.1) is 0 Å². The molecule has 0 amide bonds. The molecule has 1 aromatic rings. The summed E-state index contributed by atoms with van der Waals surface area (Å²) in [6.45, 7) is 3.10. The zero-order valence-electron chi connectivity index (χ0n) is 12.1. The van der Waals surface area contributed by atoms with E-state index in [1.54, 1.807) is 11.8 Å². The fourth-order valence-corrected chi connectivity index (χ4v) is 3.00. The lowest BCUT2D eigenvalue weighted by molar-refractivity contribution is 0.425. The van der Waals surface area contributed by atoms with Gasteiger partial charge in [0.05, 0.1) is 5.71 Å². The lowest BCUT2D eigenvalue weighted by atomic mass is 10.1. The van der Waals surface area contributed by atoms with Crippen molar-refractivity contribution in [3.05, 3.63) is 35.9 Å². The van der Waals surface area contributed by atoms with Crippen molar-refractivity contribution in [1.82, 2.24) is 5.01 Å². The van der Waals surface area contributed by atoms with Gasteiger partial charge in [0.15, 0.2) is 5.17 Å². The van der Waals surface area contributed by atoms with E-state index in [0.717, 1.165) is 24.4 Å². The van der Waals surface area contributed by atoms with E-state index < -0.39 is 0 Å². The van der Waals surface area contributed by atoms with Gasteiger partial charge in [-0.25, -0.2) is 5.01 Å². The third-order valence-corrected chi connectivity index (χ3v) is 4.30. The summed E-state index contributed by atoms with van der Waals surface area (Å²) in [7, 11) is 0. The topological polar surface area (TPSA) is 39.5 Å². The number of hydrogen-bond acceptors (Lipinski definition) is 3. The minimum Gasteiger partial charge on any atom is -0.277 e. The van der Waals surface area contributed by atoms with Gasteiger partial charge in [0, 0.05) is 12.3 Å². The summed E-state index contributed by atoms with van der Waals surface area (Å²) in [6.07, 6.45) is 6.23. The van der Waals surface area contributed by atoms with Gasteiger partial charge in [0.1, 0.15) is 0 Å². The summed E-state index contributed by atoms with van der Waals surface area (Å²) in [5.41, 5.74) is 2.25. The first-order chi connectivity index (χ1) is 9.81. The van der Waals surface area contributed by atoms with Gasteiger partial charge in [0.25, 0.3) is 0 Å². The Hall–Kier alpha value is -1.29. The van der Waals surface area contributed by atoms with E-state index >= 15 is 0 Å². The summed E-state index contributed by atoms with van der Waals surface area (Å²) in [5, 5.41) is 15.1. The van der Waals surface area contributed by atoms with E-state index in [-0.39, 0.29) is 0 Å². The molecule has 0 saturated heterocycles. The van der Waals surface area contributed by atoms with E-state index in [2.05, 4.69) is 24.2 Å². The first-order valence-electron chi connectivity index (χ1n) is 7.43. The van der Waals surface area contributed by atoms with Crippen LogP contribution in [0.5, 0.6) is 0 Å². The molecule has 0 atom stereocenters. The first-order valence-corrected chi connectivity index (χ1v) is 8.41. The summed E-state index contributed by atoms with van der Waals surface area (Å²) in [4.78, 5) is 0. The molecule has 2 rings (SSSR count). The maximum atomic E-state index is 8.00. The van der Waals surface area contributed by atoms with Crippen LogP contribution >= 0.6 is 11.8 Å². The number of nitrogens with zero attached hydrogens (tertiary/aromatic N) is 2. The molecule has 0 bridgehead atoms. The molecule has 1 aromatic carbocycles. The van der Waals surface area contributed by atoms with E-state index in [1.165, 1.54) is 31.2 Å². The summed E-state index contributed by atoms with van der Waals surface area (Å²) in [5.74, 6) is 0.801. The Labute approximate surface area is 126 Å². The molecule has 4 heteroatoms. The SMILES string of the molecule is CCCCCCCN1N=C(c2ccccc2)CSC1=N. The molecule has 0 aromatic heterocycles. The fourth-order valence-electron chi connectivity index (χ4n) is 2.22. The van der Waals surface area contributed by atoms with Crippen molar-refractivity contribution in [2.75, 3.05) is 12.3 Å². The van der Waals surface area contributed by atoms with Crippen molar-refractivity contribution in [1.29, 1.82) is 5.41 Å². The standard InChI is InChI=1S/C16H23N3S/c1-2-3-4-5-9-12-19-16(17)20-13-15(18-19)14-10-7-6-8-11-14/h6-8,10-11,17H,2-5,9,12-13H2,1H3. The molecule has 0 saturated carbocycles. The number of hydrogen-bond donors (Lipinski definition) is 1. The maximum absolute atomic E-state index is 8.00. The fraction of sp³-hybridized carbons (Fsp3) is 0.500. The predicted octanol–water partition coefficient (Wildman–Crippen LogP) is 4.34. The first kappa shape index (κ1) is 15.1. The lowest BCUT2D eigenvalue weighted by Gasteiger charge is -2.25. The third-order valence-electron chi connectivity index (χ3n) is 3.40. The average Bonchev–Trinajstić information content (AvgIpc) is 2.49. The Kier molecular flexibility index (Phi) is 6.12. The van der Waals surface area contributed by atoms with Crippen LogP contribution in [0.2, 0.25) is 0 Å². The molecule has 0 fully saturated rings. The van der Waals surface area contributed by atoms with Gasteiger partial charge in [-0.2, -0.15) is 5.10 Å². The van der Waals surface area contributed by atoms with Crippen LogP contribution in [-0.4, -0.2) is 28.2 Å². The molecule has 0 radical (unpaired) electrons. The van der Waals surface area contributed by atoms with Crippen LogP contribution in [0.3, 0.4) is 0 Å². The Balaban J connectivity index is 1.92. The highest BCUT2D eigenvalue weighted by atomic mass is 32.2. The van der Waals surface area contributed by atoms with Crippen molar-refractivity contribution >= 4 is 22.6 Å². The second-order valence-electron chi connectivity index (χ2n) is 5.04. The van der Waals surface area contributed by atoms with Crippen LogP contribution in [0.4, 0.5) is 0 Å². The van der Waals surface area contributed by atoms with Crippen molar-refractivity contribution in [3.8, 4) is 0 Å². The van der Waals surface area contributed by atoms with E-state index in [9.17, 15) is 0 Å². The van der Waals surface area contributed by atoms with Gasteiger partial charge in [-0.3, -0.25) is 5.41 Å². The Morgan fingerprint density at radius 2 is 1.90 bits per heavy atom. The van der Waals surface area contributed by atoms with Crippen LogP contribution in [0.15, 0.2) is 35.4 Å². The zero-order chi connectivity index (χ0) is 14.2. The predicted molar refractivity (Wildman–Crippen MR) is 88.6 cm³/mol. The van der Waals surface area contributed by atoms with Crippen molar-refractivity contribution < 1.29 is 0 Å². The van der Waals surface area contributed by atoms with E-state index in [4.69, 9.17) is 5.41 Å². The molecular weight excluding hydrogens is 266 g/mol. The highest BCUT2D eigenvalue weighted by Crippen LogP contribution is 2.19. The number of thioether (sulfide) groups is 1. The molecule has 1 N–H and O–H groups in total. The molecule has 0 spiro atoms. The molecule has 0 unspecified atom stereocenters. The van der Waals surface area contributed by atoms with Crippen LogP contribution in [0.25, 0.3) is 0 Å². The third kappa shape index (κ3) is 4.37. The van der Waals surface area contributed by atoms with Gasteiger partial charge in [-0.05, 0) is 12.0 Å². The van der Waals surface area contributed by atoms with Crippen molar-refractivity contribution in [2.45, 2.75) is 39.0 Å². The monoisotopic (exact) mass is 289 g/mol. The number of amidine groups is 1. The zero-order valence-corrected chi connectivity index (χ0v) is 13.0. The summed E-state index contributed by atoms with van der Waals surface area (Å²) >= 11 is 1.58. The molecule has 0 aliphatic carbocycles. The van der Waals surface area contributed by atoms with Gasteiger partial charge in [-0.1, -0.05) is 74.7 Å². The normalized spacial score (nSPS) is 15.3. The Bertz CT molecular complexity index is 456. The van der Waals surface area contributed by atoms with Crippen LogP contribution in [-0.2, 0) is 0 Å². The van der Waals surface area contributed by atoms with Crippen molar-refractivity contribution in [2.24, 2.45) is 5.10 Å². The summed E-state index contributed by atoms with van der Waals surface area (Å²) in [6, 6.07) is 10.3. The lowest BCUT2D eigenvalue weighted by Crippen LogP contribution is -2.31. The van der Waals surface area contributed by atoms with Crippen LogP contribution in [0, 0.1) is 5.41 Å². The second-order valence-corrected chi connectivity index (χ2v) is 6.01. The van der Waals surface area contributed by atoms with Crippen molar-refractivity contribution in [3.63, 3.8) is 0 Å². The van der Waals surface area contributed by atoms with E-state index in [0.29, 0.717) is 5.17 Å². The molecule has 3 nitrogen and oxygen atoms in total. The van der Waals surface area contributed by atoms with Crippen LogP contribution < -0.4 is 0 Å². The second kappa shape index (κ2) is 8.10. The molecule has 108 valence electrons. The molecule has 1 heterocycles. The number of unbranched alkanes of at least 4 members (excludes halogenated alkanes) is 4. The minimum atomic E-state index is 0.583. The minimum absolute atomic E-state index is 0.583. The van der Waals surface area contributed by atoms with Crippen LogP contribution in [0.1, 0.15) is 44.6 Å². The molecule has 1 aliphatic rings. The number of benzene rings is 1. The van der Waals surface area contributed by atoms with E-state index in [1.807, 2.05) is 23.2 Å². The Morgan fingerprint density at radius 3 is 2.65 bits per heavy atom. The highest BCUT2D eigenvalue weighted by molar-refractivity contribution is 8.14. The molecule has 20 heavy (non-hydrogen) atoms. The Morgan fingerprint density at radius 1 is 1.15 bits per heavy atom. The smallest absolute Gasteiger partial charge is 0.177 e. The molecule has 1 aliphatic heterocycles. The highest BCUT2D eigenvalue weighted by Gasteiger charge is 2.18. The molecular formula is C16H23N3S. The quantitative estimate of drug-likeness (QED) is 0.758. The summed E-state index contributed by atoms with van der Waals surface area (Å²) < 4.78 is 0. The van der Waals surface area contributed by atoms with Gasteiger partial charge in [0.2, 0.25) is 0 Å². The average molecular weight is 289 g/mol. The van der Waals surface area contributed by atoms with Gasteiger partial charge >= 0.3 is 0 Å². The number of nitrogens with one attached hydrogen (secondary N) is 1. The number of hydrazone groups is 1.